The molecule has 1 fully saturated rings. The van der Waals surface area contributed by atoms with Crippen molar-refractivity contribution in [3.8, 4) is 0 Å². The summed E-state index contributed by atoms with van der Waals surface area (Å²) in [5.74, 6) is -0.398. The molecule has 0 saturated carbocycles. The van der Waals surface area contributed by atoms with Gasteiger partial charge >= 0.3 is 5.97 Å². The molecule has 0 unspecified atom stereocenters. The molecule has 120 valence electrons. The number of nitrogens with one attached hydrogen (secondary N) is 1. The van der Waals surface area contributed by atoms with Gasteiger partial charge in [-0.05, 0) is 44.6 Å². The molecule has 6 heteroatoms. The Balaban J connectivity index is 2.23. The van der Waals surface area contributed by atoms with E-state index in [2.05, 4.69) is 10.2 Å². The van der Waals surface area contributed by atoms with Crippen LogP contribution >= 0.6 is 0 Å². The molecule has 1 heterocycles. The second-order valence-corrected chi connectivity index (χ2v) is 5.75. The minimum Gasteiger partial charge on any atom is -0.465 e. The molecule has 1 aromatic carbocycles. The SMILES string of the molecule is COC(=O)c1ccc(NC(=O)[C@H]2CCCN2C)c(N(C)C)c1. The summed E-state index contributed by atoms with van der Waals surface area (Å²) in [6.07, 6.45) is 1.91. The molecule has 1 atom stereocenters. The molecule has 0 aromatic heterocycles. The summed E-state index contributed by atoms with van der Waals surface area (Å²) >= 11 is 0. The van der Waals surface area contributed by atoms with Gasteiger partial charge in [0.25, 0.3) is 0 Å². The maximum Gasteiger partial charge on any atom is 0.337 e. The number of anilines is 2. The lowest BCUT2D eigenvalue weighted by atomic mass is 10.1. The normalized spacial score (nSPS) is 18.1. The van der Waals surface area contributed by atoms with E-state index < -0.39 is 5.97 Å². The van der Waals surface area contributed by atoms with Crippen LogP contribution in [0, 0.1) is 0 Å². The van der Waals surface area contributed by atoms with Crippen LogP contribution in [-0.4, -0.2) is 57.6 Å². The van der Waals surface area contributed by atoms with E-state index >= 15 is 0 Å². The Bertz CT molecular complexity index is 572. The average molecular weight is 305 g/mol. The third-order valence-corrected chi connectivity index (χ3v) is 3.98. The van der Waals surface area contributed by atoms with Crippen LogP contribution in [0.2, 0.25) is 0 Å². The number of ether oxygens (including phenoxy) is 1. The Hall–Kier alpha value is -2.08. The van der Waals surface area contributed by atoms with Gasteiger partial charge in [-0.15, -0.1) is 0 Å². The highest BCUT2D eigenvalue weighted by Gasteiger charge is 2.28. The van der Waals surface area contributed by atoms with Gasteiger partial charge in [-0.1, -0.05) is 0 Å². The second kappa shape index (κ2) is 6.79. The highest BCUT2D eigenvalue weighted by Crippen LogP contribution is 2.27. The Morgan fingerprint density at radius 1 is 1.36 bits per heavy atom. The van der Waals surface area contributed by atoms with E-state index in [0.717, 1.165) is 25.1 Å². The summed E-state index contributed by atoms with van der Waals surface area (Å²) in [4.78, 5) is 28.0. The number of hydrogen-bond acceptors (Lipinski definition) is 5. The van der Waals surface area contributed by atoms with Crippen molar-refractivity contribution < 1.29 is 14.3 Å². The zero-order chi connectivity index (χ0) is 16.3. The van der Waals surface area contributed by atoms with E-state index in [4.69, 9.17) is 4.74 Å². The van der Waals surface area contributed by atoms with Crippen molar-refractivity contribution >= 4 is 23.3 Å². The number of rotatable bonds is 4. The van der Waals surface area contributed by atoms with Crippen LogP contribution in [-0.2, 0) is 9.53 Å². The Morgan fingerprint density at radius 2 is 2.09 bits per heavy atom. The summed E-state index contributed by atoms with van der Waals surface area (Å²) in [5.41, 5.74) is 1.93. The first-order valence-electron chi connectivity index (χ1n) is 7.35. The first kappa shape index (κ1) is 16.3. The molecule has 0 bridgehead atoms. The molecule has 1 amide bonds. The number of methoxy groups -OCH3 is 1. The van der Waals surface area contributed by atoms with Crippen molar-refractivity contribution in [2.75, 3.05) is 45.0 Å². The van der Waals surface area contributed by atoms with Crippen LogP contribution in [0.5, 0.6) is 0 Å². The van der Waals surface area contributed by atoms with Crippen LogP contribution in [0.25, 0.3) is 0 Å². The molecule has 1 saturated heterocycles. The number of esters is 1. The lowest BCUT2D eigenvalue weighted by Gasteiger charge is -2.22. The summed E-state index contributed by atoms with van der Waals surface area (Å²) in [6.45, 7) is 0.944. The van der Waals surface area contributed by atoms with Crippen molar-refractivity contribution in [3.63, 3.8) is 0 Å². The van der Waals surface area contributed by atoms with E-state index in [-0.39, 0.29) is 11.9 Å². The number of likely N-dealkylation sites (N-methyl/N-ethyl adjacent to an activating group) is 1. The molecule has 2 rings (SSSR count). The van der Waals surface area contributed by atoms with E-state index in [1.165, 1.54) is 7.11 Å². The maximum absolute atomic E-state index is 12.4. The zero-order valence-corrected chi connectivity index (χ0v) is 13.5. The number of hydrogen-bond donors (Lipinski definition) is 1. The zero-order valence-electron chi connectivity index (χ0n) is 13.5. The van der Waals surface area contributed by atoms with E-state index in [1.54, 1.807) is 18.2 Å². The Labute approximate surface area is 131 Å². The van der Waals surface area contributed by atoms with Gasteiger partial charge < -0.3 is 15.0 Å². The fourth-order valence-corrected chi connectivity index (χ4v) is 2.71. The van der Waals surface area contributed by atoms with Crippen molar-refractivity contribution in [3.05, 3.63) is 23.8 Å². The summed E-state index contributed by atoms with van der Waals surface area (Å²) in [5, 5.41) is 2.97. The van der Waals surface area contributed by atoms with E-state index in [1.807, 2.05) is 26.0 Å². The molecule has 6 nitrogen and oxygen atoms in total. The van der Waals surface area contributed by atoms with Gasteiger partial charge in [0.1, 0.15) is 0 Å². The first-order valence-corrected chi connectivity index (χ1v) is 7.35. The predicted octanol–water partition coefficient (Wildman–Crippen LogP) is 1.57. The van der Waals surface area contributed by atoms with Gasteiger partial charge in [0.2, 0.25) is 5.91 Å². The monoisotopic (exact) mass is 305 g/mol. The highest BCUT2D eigenvalue weighted by atomic mass is 16.5. The number of carbonyl (C=O) groups excluding carboxylic acids is 2. The lowest BCUT2D eigenvalue weighted by Crippen LogP contribution is -2.37. The van der Waals surface area contributed by atoms with E-state index in [0.29, 0.717) is 11.3 Å². The Kier molecular flexibility index (Phi) is 5.03. The third-order valence-electron chi connectivity index (χ3n) is 3.98. The van der Waals surface area contributed by atoms with Crippen molar-refractivity contribution in [1.29, 1.82) is 0 Å². The van der Waals surface area contributed by atoms with Crippen LogP contribution in [0.1, 0.15) is 23.2 Å². The van der Waals surface area contributed by atoms with Crippen LogP contribution in [0.3, 0.4) is 0 Å². The molecular formula is C16H23N3O3. The van der Waals surface area contributed by atoms with Gasteiger partial charge in [-0.3, -0.25) is 9.69 Å². The second-order valence-electron chi connectivity index (χ2n) is 5.75. The average Bonchev–Trinajstić information content (AvgIpc) is 2.92. The van der Waals surface area contributed by atoms with Crippen LogP contribution in [0.4, 0.5) is 11.4 Å². The molecule has 0 aliphatic carbocycles. The van der Waals surface area contributed by atoms with Crippen molar-refractivity contribution in [1.82, 2.24) is 4.90 Å². The fourth-order valence-electron chi connectivity index (χ4n) is 2.71. The molecular weight excluding hydrogens is 282 g/mol. The molecule has 1 aliphatic heterocycles. The minimum atomic E-state index is -0.392. The lowest BCUT2D eigenvalue weighted by molar-refractivity contribution is -0.119. The van der Waals surface area contributed by atoms with Crippen LogP contribution in [0.15, 0.2) is 18.2 Å². The largest absolute Gasteiger partial charge is 0.465 e. The summed E-state index contributed by atoms with van der Waals surface area (Å²) in [6, 6.07) is 5.04. The number of amides is 1. The minimum absolute atomic E-state index is 0.00563. The van der Waals surface area contributed by atoms with E-state index in [9.17, 15) is 9.59 Å². The van der Waals surface area contributed by atoms with Gasteiger partial charge in [0.15, 0.2) is 0 Å². The number of nitrogens with zero attached hydrogens (tertiary/aromatic N) is 2. The first-order chi connectivity index (χ1) is 10.4. The van der Waals surface area contributed by atoms with Crippen molar-refractivity contribution in [2.45, 2.75) is 18.9 Å². The fraction of sp³-hybridized carbons (Fsp3) is 0.500. The number of likely N-dealkylation sites (tertiary alicyclic amines) is 1. The van der Waals surface area contributed by atoms with Gasteiger partial charge in [-0.25, -0.2) is 4.79 Å². The van der Waals surface area contributed by atoms with Crippen molar-refractivity contribution in [2.24, 2.45) is 0 Å². The topological polar surface area (TPSA) is 61.9 Å². The highest BCUT2D eigenvalue weighted by molar-refractivity contribution is 5.99. The predicted molar refractivity (Wildman–Crippen MR) is 86.4 cm³/mol. The molecule has 22 heavy (non-hydrogen) atoms. The molecule has 1 aliphatic rings. The standard InChI is InChI=1S/C16H23N3O3/c1-18(2)14-10-11(16(21)22-4)7-8-12(14)17-15(20)13-6-5-9-19(13)3/h7-8,10,13H,5-6,9H2,1-4H3,(H,17,20)/t13-/m1/s1. The molecule has 1 aromatic rings. The van der Waals surface area contributed by atoms with Crippen LogP contribution < -0.4 is 10.2 Å². The maximum atomic E-state index is 12.4. The summed E-state index contributed by atoms with van der Waals surface area (Å²) < 4.78 is 4.74. The number of benzene rings is 1. The molecule has 0 spiro atoms. The molecule has 0 radical (unpaired) electrons. The van der Waals surface area contributed by atoms with Gasteiger partial charge in [-0.2, -0.15) is 0 Å². The Morgan fingerprint density at radius 3 is 2.64 bits per heavy atom. The molecule has 1 N–H and O–H groups in total. The smallest absolute Gasteiger partial charge is 0.337 e. The summed E-state index contributed by atoms with van der Waals surface area (Å²) in [7, 11) is 7.05. The van der Waals surface area contributed by atoms with Gasteiger partial charge in [0, 0.05) is 14.1 Å². The van der Waals surface area contributed by atoms with Gasteiger partial charge in [0.05, 0.1) is 30.1 Å². The quantitative estimate of drug-likeness (QED) is 0.856. The number of carbonyl (C=O) groups is 2. The third kappa shape index (κ3) is 3.39.